The van der Waals surface area contributed by atoms with Crippen LogP contribution < -0.4 is 5.32 Å². The fraction of sp³-hybridized carbons (Fsp3) is 0.167. The van der Waals surface area contributed by atoms with E-state index in [0.29, 0.717) is 21.8 Å². The molecule has 0 radical (unpaired) electrons. The van der Waals surface area contributed by atoms with Crippen molar-refractivity contribution in [2.24, 2.45) is 7.05 Å². The van der Waals surface area contributed by atoms with Crippen LogP contribution in [0.1, 0.15) is 32.0 Å². The predicted octanol–water partition coefficient (Wildman–Crippen LogP) is 3.72. The van der Waals surface area contributed by atoms with E-state index < -0.39 is 5.97 Å². The maximum Gasteiger partial charge on any atom is 0.339 e. The van der Waals surface area contributed by atoms with Crippen molar-refractivity contribution in [2.75, 3.05) is 5.32 Å². The number of carboxylic acid groups (broad SMARTS) is 1. The number of hydrogen-bond donors (Lipinski definition) is 2. The molecule has 0 spiro atoms. The van der Waals surface area contributed by atoms with E-state index in [2.05, 4.69) is 10.4 Å². The Morgan fingerprint density at radius 3 is 2.60 bits per heavy atom. The molecule has 0 saturated carbocycles. The van der Waals surface area contributed by atoms with E-state index in [4.69, 9.17) is 0 Å². The normalized spacial score (nSPS) is 10.7. The minimum Gasteiger partial charge on any atom is -0.478 e. The van der Waals surface area contributed by atoms with Crippen molar-refractivity contribution in [1.82, 2.24) is 9.78 Å². The number of aromatic nitrogens is 2. The third-order valence-corrected chi connectivity index (χ3v) is 4.69. The van der Waals surface area contributed by atoms with Gasteiger partial charge < -0.3 is 10.4 Å². The van der Waals surface area contributed by atoms with Gasteiger partial charge in [-0.05, 0) is 32.0 Å². The number of amides is 1. The van der Waals surface area contributed by atoms with Gasteiger partial charge in [-0.15, -0.1) is 11.3 Å². The monoisotopic (exact) mass is 355 g/mol. The molecule has 1 amide bonds. The van der Waals surface area contributed by atoms with Crippen LogP contribution >= 0.6 is 11.3 Å². The van der Waals surface area contributed by atoms with Crippen LogP contribution in [0.3, 0.4) is 0 Å². The van der Waals surface area contributed by atoms with Crippen molar-refractivity contribution in [3.8, 4) is 11.3 Å². The van der Waals surface area contributed by atoms with Gasteiger partial charge in [0.05, 0.1) is 11.4 Å². The summed E-state index contributed by atoms with van der Waals surface area (Å²) >= 11 is 1.19. The topological polar surface area (TPSA) is 84.2 Å². The molecule has 0 aliphatic rings. The van der Waals surface area contributed by atoms with Crippen LogP contribution in [0.15, 0.2) is 35.7 Å². The van der Waals surface area contributed by atoms with Gasteiger partial charge >= 0.3 is 5.97 Å². The number of carboxylic acids is 1. The van der Waals surface area contributed by atoms with Crippen LogP contribution in [-0.4, -0.2) is 26.8 Å². The summed E-state index contributed by atoms with van der Waals surface area (Å²) in [7, 11) is 1.76. The van der Waals surface area contributed by atoms with E-state index in [1.54, 1.807) is 35.3 Å². The molecule has 2 aromatic heterocycles. The van der Waals surface area contributed by atoms with Crippen molar-refractivity contribution < 1.29 is 14.7 Å². The number of thiophene rings is 1. The van der Waals surface area contributed by atoms with Crippen LogP contribution in [0.4, 0.5) is 5.00 Å². The van der Waals surface area contributed by atoms with Gasteiger partial charge in [0.15, 0.2) is 0 Å². The average molecular weight is 355 g/mol. The second-order valence-electron chi connectivity index (χ2n) is 5.78. The van der Waals surface area contributed by atoms with Crippen LogP contribution in [0.5, 0.6) is 0 Å². The van der Waals surface area contributed by atoms with Gasteiger partial charge in [-0.1, -0.05) is 17.7 Å². The molecule has 0 saturated heterocycles. The molecule has 0 aliphatic carbocycles. The Labute approximate surface area is 148 Å². The van der Waals surface area contributed by atoms with Gasteiger partial charge in [-0.25, -0.2) is 4.79 Å². The Morgan fingerprint density at radius 1 is 1.24 bits per heavy atom. The molecule has 128 valence electrons. The maximum absolute atomic E-state index is 12.4. The number of anilines is 1. The summed E-state index contributed by atoms with van der Waals surface area (Å²) < 4.78 is 1.63. The van der Waals surface area contributed by atoms with Crippen LogP contribution in [0.25, 0.3) is 11.3 Å². The first-order chi connectivity index (χ1) is 11.9. The van der Waals surface area contributed by atoms with Crippen LogP contribution in [-0.2, 0) is 7.05 Å². The number of nitrogens with zero attached hydrogens (tertiary/aromatic N) is 2. The van der Waals surface area contributed by atoms with Crippen molar-refractivity contribution in [2.45, 2.75) is 13.8 Å². The predicted molar refractivity (Wildman–Crippen MR) is 97.3 cm³/mol. The van der Waals surface area contributed by atoms with Crippen molar-refractivity contribution in [3.63, 3.8) is 0 Å². The minimum atomic E-state index is -1.09. The van der Waals surface area contributed by atoms with Gasteiger partial charge in [0.25, 0.3) is 5.91 Å². The molecule has 1 aromatic carbocycles. The lowest BCUT2D eigenvalue weighted by Gasteiger charge is -2.07. The molecule has 2 N–H and O–H groups in total. The Kier molecular flexibility index (Phi) is 4.41. The molecular weight excluding hydrogens is 338 g/mol. The molecule has 0 aliphatic heterocycles. The highest BCUT2D eigenvalue weighted by Crippen LogP contribution is 2.36. The first kappa shape index (κ1) is 16.9. The molecule has 25 heavy (non-hydrogen) atoms. The van der Waals surface area contributed by atoms with Crippen molar-refractivity contribution in [1.29, 1.82) is 0 Å². The summed E-state index contributed by atoms with van der Waals surface area (Å²) in [6, 6.07) is 8.96. The fourth-order valence-electron chi connectivity index (χ4n) is 2.68. The van der Waals surface area contributed by atoms with E-state index in [0.717, 1.165) is 11.3 Å². The summed E-state index contributed by atoms with van der Waals surface area (Å²) in [5, 5.41) is 18.7. The molecule has 0 fully saturated rings. The number of aryl methyl sites for hydroxylation is 3. The second kappa shape index (κ2) is 6.52. The standard InChI is InChI=1S/C18H17N3O3S/c1-10-5-4-6-12(7-10)16(22)19-17-15(18(23)24)13(9-25-17)14-8-11(2)20-21(14)3/h4-9H,1-3H3,(H,19,22)(H,23,24). The Morgan fingerprint density at radius 2 is 2.00 bits per heavy atom. The number of carbonyl (C=O) groups excluding carboxylic acids is 1. The quantitative estimate of drug-likeness (QED) is 0.747. The molecule has 0 unspecified atom stereocenters. The summed E-state index contributed by atoms with van der Waals surface area (Å²) in [5.41, 5.74) is 3.56. The third-order valence-electron chi connectivity index (χ3n) is 3.79. The molecule has 2 heterocycles. The number of rotatable bonds is 4. The zero-order valence-electron chi connectivity index (χ0n) is 14.0. The number of aromatic carboxylic acids is 1. The maximum atomic E-state index is 12.4. The number of carbonyl (C=O) groups is 2. The summed E-state index contributed by atoms with van der Waals surface area (Å²) in [4.78, 5) is 24.2. The van der Waals surface area contributed by atoms with Gasteiger partial charge in [0.2, 0.25) is 0 Å². The third kappa shape index (κ3) is 3.32. The average Bonchev–Trinajstić information content (AvgIpc) is 3.10. The van der Waals surface area contributed by atoms with E-state index in [1.165, 1.54) is 11.3 Å². The lowest BCUT2D eigenvalue weighted by atomic mass is 10.1. The van der Waals surface area contributed by atoms with Crippen LogP contribution in [0, 0.1) is 13.8 Å². The highest BCUT2D eigenvalue weighted by Gasteiger charge is 2.23. The number of nitrogens with one attached hydrogen (secondary N) is 1. The van der Waals surface area contributed by atoms with Crippen molar-refractivity contribution >= 4 is 28.2 Å². The minimum absolute atomic E-state index is 0.0778. The fourth-order valence-corrected chi connectivity index (χ4v) is 3.62. The molecule has 0 bridgehead atoms. The molecule has 6 nitrogen and oxygen atoms in total. The zero-order valence-corrected chi connectivity index (χ0v) is 14.8. The number of hydrogen-bond acceptors (Lipinski definition) is 4. The lowest BCUT2D eigenvalue weighted by molar-refractivity contribution is 0.0699. The summed E-state index contributed by atoms with van der Waals surface area (Å²) in [6.45, 7) is 3.74. The largest absolute Gasteiger partial charge is 0.478 e. The Hall–Kier alpha value is -2.93. The highest BCUT2D eigenvalue weighted by atomic mass is 32.1. The number of benzene rings is 1. The molecule has 3 aromatic rings. The van der Waals surface area contributed by atoms with Crippen LogP contribution in [0.2, 0.25) is 0 Å². The van der Waals surface area contributed by atoms with E-state index >= 15 is 0 Å². The second-order valence-corrected chi connectivity index (χ2v) is 6.66. The summed E-state index contributed by atoms with van der Waals surface area (Å²) in [6.07, 6.45) is 0. The lowest BCUT2D eigenvalue weighted by Crippen LogP contribution is -2.13. The van der Waals surface area contributed by atoms with Gasteiger partial charge in [0, 0.05) is 23.6 Å². The zero-order chi connectivity index (χ0) is 18.1. The molecule has 0 atom stereocenters. The molecular formula is C18H17N3O3S. The van der Waals surface area contributed by atoms with Crippen molar-refractivity contribution in [3.05, 3.63) is 58.1 Å². The smallest absolute Gasteiger partial charge is 0.339 e. The van der Waals surface area contributed by atoms with Gasteiger partial charge in [-0.2, -0.15) is 5.10 Å². The SMILES string of the molecule is Cc1cccc(C(=O)Nc2scc(-c3cc(C)nn3C)c2C(=O)O)c1. The van der Waals surface area contributed by atoms with E-state index in [1.807, 2.05) is 26.0 Å². The molecule has 7 heteroatoms. The Balaban J connectivity index is 1.99. The van der Waals surface area contributed by atoms with E-state index in [9.17, 15) is 14.7 Å². The first-order valence-electron chi connectivity index (χ1n) is 7.60. The highest BCUT2D eigenvalue weighted by molar-refractivity contribution is 7.15. The summed E-state index contributed by atoms with van der Waals surface area (Å²) in [5.74, 6) is -1.42. The van der Waals surface area contributed by atoms with E-state index in [-0.39, 0.29) is 11.5 Å². The molecule has 3 rings (SSSR count). The van der Waals surface area contributed by atoms with Gasteiger partial charge in [-0.3, -0.25) is 9.48 Å². The van der Waals surface area contributed by atoms with Gasteiger partial charge in [0.1, 0.15) is 10.6 Å². The first-order valence-corrected chi connectivity index (χ1v) is 8.48. The Bertz CT molecular complexity index is 972.